The Morgan fingerprint density at radius 2 is 2.00 bits per heavy atom. The number of carbonyl (C=O) groups excluding carboxylic acids is 1. The third-order valence-corrected chi connectivity index (χ3v) is 5.53. The Kier molecular flexibility index (Phi) is 4.81. The summed E-state index contributed by atoms with van der Waals surface area (Å²) in [5.41, 5.74) is 1.05. The molecule has 0 unspecified atom stereocenters. The number of nitrogens with one attached hydrogen (secondary N) is 1. The number of Topliss-reactive ketones (excluding diaryl/α,β-unsaturated/α-hetero) is 1. The fraction of sp³-hybridized carbons (Fsp3) is 0.533. The third-order valence-electron chi connectivity index (χ3n) is 3.66. The van der Waals surface area contributed by atoms with Crippen LogP contribution >= 0.6 is 0 Å². The smallest absolute Gasteiger partial charge is 0.235 e. The molecule has 1 aliphatic rings. The molecule has 1 N–H and O–H groups in total. The maximum Gasteiger partial charge on any atom is 0.235 e. The van der Waals surface area contributed by atoms with Gasteiger partial charge in [0.25, 0.3) is 0 Å². The molecule has 20 heavy (non-hydrogen) atoms. The Morgan fingerprint density at radius 1 is 1.30 bits per heavy atom. The van der Waals surface area contributed by atoms with Crippen molar-refractivity contribution >= 4 is 21.5 Å². The minimum atomic E-state index is -3.33. The summed E-state index contributed by atoms with van der Waals surface area (Å²) in [7, 11) is -3.33. The largest absolute Gasteiger partial charge is 0.294 e. The zero-order chi connectivity index (χ0) is 14.6. The fourth-order valence-electron chi connectivity index (χ4n) is 2.57. The van der Waals surface area contributed by atoms with Crippen LogP contribution in [0.15, 0.2) is 24.3 Å². The van der Waals surface area contributed by atoms with Gasteiger partial charge in [0.2, 0.25) is 10.0 Å². The maximum atomic E-state index is 12.2. The van der Waals surface area contributed by atoms with Crippen LogP contribution in [0.5, 0.6) is 0 Å². The molecule has 1 fully saturated rings. The topological polar surface area (TPSA) is 63.2 Å². The summed E-state index contributed by atoms with van der Waals surface area (Å²) < 4.78 is 27.0. The van der Waals surface area contributed by atoms with E-state index in [1.807, 2.05) is 6.92 Å². The molecule has 0 aromatic heterocycles. The first-order chi connectivity index (χ1) is 9.53. The zero-order valence-corrected chi connectivity index (χ0v) is 12.6. The lowest BCUT2D eigenvalue weighted by atomic mass is 10.1. The molecule has 0 atom stereocenters. The van der Waals surface area contributed by atoms with Crippen molar-refractivity contribution in [1.82, 2.24) is 0 Å². The number of hydrogen-bond acceptors (Lipinski definition) is 3. The number of rotatable bonds is 6. The van der Waals surface area contributed by atoms with E-state index in [0.29, 0.717) is 17.7 Å². The van der Waals surface area contributed by atoms with Crippen molar-refractivity contribution in [2.75, 3.05) is 4.72 Å². The Morgan fingerprint density at radius 3 is 2.65 bits per heavy atom. The highest BCUT2D eigenvalue weighted by Crippen LogP contribution is 2.26. The molecule has 110 valence electrons. The molecule has 5 heteroatoms. The monoisotopic (exact) mass is 295 g/mol. The molecule has 4 nitrogen and oxygen atoms in total. The molecule has 1 saturated carbocycles. The van der Waals surface area contributed by atoms with E-state index in [9.17, 15) is 13.2 Å². The van der Waals surface area contributed by atoms with Gasteiger partial charge in [0.15, 0.2) is 5.78 Å². The SMILES string of the molecule is CCCC(=O)c1cccc(NS(=O)(=O)C2CCCC2)c1. The molecule has 0 saturated heterocycles. The van der Waals surface area contributed by atoms with E-state index in [1.165, 1.54) is 0 Å². The van der Waals surface area contributed by atoms with Gasteiger partial charge in [0.1, 0.15) is 0 Å². The van der Waals surface area contributed by atoms with E-state index in [2.05, 4.69) is 4.72 Å². The number of hydrogen-bond donors (Lipinski definition) is 1. The lowest BCUT2D eigenvalue weighted by molar-refractivity contribution is 0.0982. The van der Waals surface area contributed by atoms with Crippen LogP contribution in [0.1, 0.15) is 55.8 Å². The summed E-state index contributed by atoms with van der Waals surface area (Å²) in [5.74, 6) is 0.0504. The van der Waals surface area contributed by atoms with E-state index in [4.69, 9.17) is 0 Å². The average Bonchev–Trinajstić information content (AvgIpc) is 2.93. The summed E-state index contributed by atoms with van der Waals surface area (Å²) in [4.78, 5) is 11.8. The number of carbonyl (C=O) groups is 1. The molecule has 0 spiro atoms. The van der Waals surface area contributed by atoms with E-state index in [0.717, 1.165) is 32.1 Å². The second-order valence-electron chi connectivity index (χ2n) is 5.31. The van der Waals surface area contributed by atoms with Crippen LogP contribution in [-0.2, 0) is 10.0 Å². The van der Waals surface area contributed by atoms with Gasteiger partial charge in [-0.1, -0.05) is 31.9 Å². The van der Waals surface area contributed by atoms with Crippen molar-refractivity contribution in [2.45, 2.75) is 50.7 Å². The predicted octanol–water partition coefficient (Wildman–Crippen LogP) is 3.35. The summed E-state index contributed by atoms with van der Waals surface area (Å²) in [5, 5.41) is -0.294. The molecular weight excluding hydrogens is 274 g/mol. The molecule has 1 aliphatic carbocycles. The minimum absolute atomic E-state index is 0.0504. The Labute approximate surface area is 120 Å². The molecule has 0 heterocycles. The molecule has 0 radical (unpaired) electrons. The first-order valence-electron chi connectivity index (χ1n) is 7.18. The normalized spacial score (nSPS) is 16.2. The average molecular weight is 295 g/mol. The van der Waals surface area contributed by atoms with E-state index in [-0.39, 0.29) is 11.0 Å². The van der Waals surface area contributed by atoms with Crippen molar-refractivity contribution in [3.63, 3.8) is 0 Å². The van der Waals surface area contributed by atoms with Gasteiger partial charge in [-0.2, -0.15) is 0 Å². The minimum Gasteiger partial charge on any atom is -0.294 e. The van der Waals surface area contributed by atoms with Crippen LogP contribution in [-0.4, -0.2) is 19.5 Å². The Hall–Kier alpha value is -1.36. The molecular formula is C15H21NO3S. The van der Waals surface area contributed by atoms with Gasteiger partial charge in [-0.15, -0.1) is 0 Å². The number of benzene rings is 1. The lowest BCUT2D eigenvalue weighted by Gasteiger charge is -2.13. The Bertz CT molecular complexity index is 575. The van der Waals surface area contributed by atoms with Crippen LogP contribution in [0.2, 0.25) is 0 Å². The third kappa shape index (κ3) is 3.60. The van der Waals surface area contributed by atoms with E-state index < -0.39 is 10.0 Å². The molecule has 1 aromatic carbocycles. The van der Waals surface area contributed by atoms with Crippen molar-refractivity contribution in [2.24, 2.45) is 0 Å². The van der Waals surface area contributed by atoms with Gasteiger partial charge in [-0.25, -0.2) is 8.42 Å². The van der Waals surface area contributed by atoms with Crippen LogP contribution < -0.4 is 4.72 Å². The van der Waals surface area contributed by atoms with Crippen molar-refractivity contribution < 1.29 is 13.2 Å². The second-order valence-corrected chi connectivity index (χ2v) is 7.27. The van der Waals surface area contributed by atoms with Crippen molar-refractivity contribution in [1.29, 1.82) is 0 Å². The van der Waals surface area contributed by atoms with Gasteiger partial charge in [0.05, 0.1) is 5.25 Å². The molecule has 0 aliphatic heterocycles. The number of anilines is 1. The second kappa shape index (κ2) is 6.39. The predicted molar refractivity (Wildman–Crippen MR) is 80.5 cm³/mol. The highest BCUT2D eigenvalue weighted by Gasteiger charge is 2.28. The van der Waals surface area contributed by atoms with Crippen molar-refractivity contribution in [3.05, 3.63) is 29.8 Å². The maximum absolute atomic E-state index is 12.2. The molecule has 2 rings (SSSR count). The summed E-state index contributed by atoms with van der Waals surface area (Å²) in [6, 6.07) is 6.76. The van der Waals surface area contributed by atoms with Gasteiger partial charge in [-0.05, 0) is 31.4 Å². The van der Waals surface area contributed by atoms with Crippen LogP contribution in [0.25, 0.3) is 0 Å². The fourth-order valence-corrected chi connectivity index (χ4v) is 4.15. The quantitative estimate of drug-likeness (QED) is 0.819. The first-order valence-corrected chi connectivity index (χ1v) is 8.72. The lowest BCUT2D eigenvalue weighted by Crippen LogP contribution is -2.25. The Balaban J connectivity index is 2.13. The van der Waals surface area contributed by atoms with Gasteiger partial charge in [-0.3, -0.25) is 9.52 Å². The van der Waals surface area contributed by atoms with E-state index >= 15 is 0 Å². The molecule has 0 bridgehead atoms. The number of ketones is 1. The first kappa shape index (κ1) is 15.0. The molecule has 1 aromatic rings. The van der Waals surface area contributed by atoms with Crippen molar-refractivity contribution in [3.8, 4) is 0 Å². The molecule has 0 amide bonds. The van der Waals surface area contributed by atoms with Crippen LogP contribution in [0, 0.1) is 0 Å². The highest BCUT2D eigenvalue weighted by atomic mass is 32.2. The van der Waals surface area contributed by atoms with Gasteiger partial charge in [0, 0.05) is 17.7 Å². The standard InChI is InChI=1S/C15H21NO3S/c1-2-6-15(17)12-7-5-8-13(11-12)16-20(18,19)14-9-3-4-10-14/h5,7-8,11,14,16H,2-4,6,9-10H2,1H3. The highest BCUT2D eigenvalue weighted by molar-refractivity contribution is 7.93. The zero-order valence-electron chi connectivity index (χ0n) is 11.8. The van der Waals surface area contributed by atoms with Gasteiger partial charge >= 0.3 is 0 Å². The van der Waals surface area contributed by atoms with Crippen LogP contribution in [0.3, 0.4) is 0 Å². The van der Waals surface area contributed by atoms with Crippen LogP contribution in [0.4, 0.5) is 5.69 Å². The van der Waals surface area contributed by atoms with Gasteiger partial charge < -0.3 is 0 Å². The van der Waals surface area contributed by atoms with E-state index in [1.54, 1.807) is 24.3 Å². The summed E-state index contributed by atoms with van der Waals surface area (Å²) in [6.07, 6.45) is 4.67. The summed E-state index contributed by atoms with van der Waals surface area (Å²) in [6.45, 7) is 1.95. The summed E-state index contributed by atoms with van der Waals surface area (Å²) >= 11 is 0. The number of sulfonamides is 1.